The van der Waals surface area contributed by atoms with Crippen molar-refractivity contribution in [2.24, 2.45) is 0 Å². The van der Waals surface area contributed by atoms with E-state index in [9.17, 15) is 0 Å². The van der Waals surface area contributed by atoms with Crippen LogP contribution < -0.4 is 9.47 Å². The minimum absolute atomic E-state index is 0.880. The molecule has 2 rings (SSSR count). The van der Waals surface area contributed by atoms with E-state index in [1.165, 1.54) is 11.1 Å². The Morgan fingerprint density at radius 3 is 2.26 bits per heavy atom. The van der Waals surface area contributed by atoms with E-state index in [2.05, 4.69) is 25.1 Å². The third kappa shape index (κ3) is 3.16. The van der Waals surface area contributed by atoms with Gasteiger partial charge in [-0.15, -0.1) is 0 Å². The molecule has 2 aromatic carbocycles. The van der Waals surface area contributed by atoms with E-state index in [4.69, 9.17) is 9.47 Å². The van der Waals surface area contributed by atoms with Gasteiger partial charge in [0.25, 0.3) is 0 Å². The van der Waals surface area contributed by atoms with Crippen molar-refractivity contribution in [3.8, 4) is 11.5 Å². The Labute approximate surface area is 114 Å². The van der Waals surface area contributed by atoms with Crippen LogP contribution in [0.5, 0.6) is 11.5 Å². The zero-order valence-electron chi connectivity index (χ0n) is 11.5. The number of hydrogen-bond acceptors (Lipinski definition) is 2. The summed E-state index contributed by atoms with van der Waals surface area (Å²) >= 11 is 0. The van der Waals surface area contributed by atoms with Crippen LogP contribution in [0.2, 0.25) is 0 Å². The summed E-state index contributed by atoms with van der Waals surface area (Å²) in [6.07, 6.45) is 4.15. The molecule has 19 heavy (non-hydrogen) atoms. The fraction of sp³-hybridized carbons (Fsp3) is 0.176. The normalized spacial score (nSPS) is 10.7. The van der Waals surface area contributed by atoms with Crippen molar-refractivity contribution in [3.05, 3.63) is 59.2 Å². The predicted octanol–water partition coefficient (Wildman–Crippen LogP) is 4.18. The first-order valence-corrected chi connectivity index (χ1v) is 6.20. The molecular formula is C17H18O2. The molecule has 2 heteroatoms. The van der Waals surface area contributed by atoms with Gasteiger partial charge in [0.2, 0.25) is 0 Å². The second kappa shape index (κ2) is 6.10. The summed E-state index contributed by atoms with van der Waals surface area (Å²) in [5.74, 6) is 1.76. The van der Waals surface area contributed by atoms with E-state index >= 15 is 0 Å². The summed E-state index contributed by atoms with van der Waals surface area (Å²) in [6, 6.07) is 14.0. The molecule has 0 aliphatic heterocycles. The van der Waals surface area contributed by atoms with Crippen LogP contribution in [0.25, 0.3) is 12.2 Å². The lowest BCUT2D eigenvalue weighted by molar-refractivity contribution is 0.414. The van der Waals surface area contributed by atoms with Crippen LogP contribution in [0, 0.1) is 6.92 Å². The SMILES string of the molecule is COc1ccc(/C=C/c2ccccc2OC)c(C)c1. The van der Waals surface area contributed by atoms with Gasteiger partial charge in [0.1, 0.15) is 11.5 Å². The van der Waals surface area contributed by atoms with Gasteiger partial charge < -0.3 is 9.47 Å². The van der Waals surface area contributed by atoms with Crippen LogP contribution >= 0.6 is 0 Å². The summed E-state index contributed by atoms with van der Waals surface area (Å²) in [7, 11) is 3.37. The molecule has 0 amide bonds. The molecular weight excluding hydrogens is 236 g/mol. The molecule has 0 bridgehead atoms. The van der Waals surface area contributed by atoms with Crippen LogP contribution in [0.15, 0.2) is 42.5 Å². The number of methoxy groups -OCH3 is 2. The molecule has 0 unspecified atom stereocenters. The van der Waals surface area contributed by atoms with Gasteiger partial charge in [-0.05, 0) is 36.2 Å². The zero-order chi connectivity index (χ0) is 13.7. The summed E-state index contributed by atoms with van der Waals surface area (Å²) in [4.78, 5) is 0. The topological polar surface area (TPSA) is 18.5 Å². The van der Waals surface area contributed by atoms with Gasteiger partial charge in [0.15, 0.2) is 0 Å². The Morgan fingerprint density at radius 1 is 0.842 bits per heavy atom. The van der Waals surface area contributed by atoms with Crippen molar-refractivity contribution < 1.29 is 9.47 Å². The Hall–Kier alpha value is -2.22. The zero-order valence-corrected chi connectivity index (χ0v) is 11.5. The summed E-state index contributed by atoms with van der Waals surface area (Å²) < 4.78 is 10.5. The Bertz CT molecular complexity index is 586. The maximum atomic E-state index is 5.33. The van der Waals surface area contributed by atoms with Gasteiger partial charge in [-0.1, -0.05) is 36.4 Å². The molecule has 0 N–H and O–H groups in total. The average molecular weight is 254 g/mol. The maximum Gasteiger partial charge on any atom is 0.126 e. The van der Waals surface area contributed by atoms with Crippen LogP contribution in [-0.4, -0.2) is 14.2 Å². The summed E-state index contributed by atoms with van der Waals surface area (Å²) in [6.45, 7) is 2.07. The van der Waals surface area contributed by atoms with Gasteiger partial charge in [-0.25, -0.2) is 0 Å². The lowest BCUT2D eigenvalue weighted by Gasteiger charge is -2.06. The second-order valence-electron chi connectivity index (χ2n) is 4.30. The van der Waals surface area contributed by atoms with Crippen molar-refractivity contribution in [3.63, 3.8) is 0 Å². The standard InChI is InChI=1S/C17H18O2/c1-13-12-16(18-2)11-10-14(13)8-9-15-6-4-5-7-17(15)19-3/h4-12H,1-3H3/b9-8+. The van der Waals surface area contributed by atoms with Crippen LogP contribution in [0.3, 0.4) is 0 Å². The third-order valence-corrected chi connectivity index (χ3v) is 3.06. The molecule has 0 atom stereocenters. The molecule has 2 aromatic rings. The minimum atomic E-state index is 0.880. The third-order valence-electron chi connectivity index (χ3n) is 3.06. The number of aryl methyl sites for hydroxylation is 1. The van der Waals surface area contributed by atoms with Crippen LogP contribution in [-0.2, 0) is 0 Å². The van der Waals surface area contributed by atoms with E-state index in [0.29, 0.717) is 0 Å². The fourth-order valence-electron chi connectivity index (χ4n) is 1.95. The van der Waals surface area contributed by atoms with Gasteiger partial charge in [0, 0.05) is 5.56 Å². The molecule has 0 saturated heterocycles. The molecule has 2 nitrogen and oxygen atoms in total. The van der Waals surface area contributed by atoms with E-state index in [1.54, 1.807) is 14.2 Å². The monoisotopic (exact) mass is 254 g/mol. The molecule has 0 aliphatic rings. The van der Waals surface area contributed by atoms with E-state index < -0.39 is 0 Å². The Morgan fingerprint density at radius 2 is 1.58 bits per heavy atom. The van der Waals surface area contributed by atoms with Crippen molar-refractivity contribution in [2.75, 3.05) is 14.2 Å². The number of para-hydroxylation sites is 1. The molecule has 0 spiro atoms. The second-order valence-corrected chi connectivity index (χ2v) is 4.30. The highest BCUT2D eigenvalue weighted by molar-refractivity contribution is 5.74. The van der Waals surface area contributed by atoms with Gasteiger partial charge in [-0.2, -0.15) is 0 Å². The lowest BCUT2D eigenvalue weighted by Crippen LogP contribution is -1.87. The van der Waals surface area contributed by atoms with Gasteiger partial charge >= 0.3 is 0 Å². The van der Waals surface area contributed by atoms with Gasteiger partial charge in [-0.3, -0.25) is 0 Å². The predicted molar refractivity (Wildman–Crippen MR) is 79.7 cm³/mol. The van der Waals surface area contributed by atoms with Crippen molar-refractivity contribution in [1.82, 2.24) is 0 Å². The number of rotatable bonds is 4. The number of ether oxygens (including phenoxy) is 2. The van der Waals surface area contributed by atoms with Crippen molar-refractivity contribution in [2.45, 2.75) is 6.92 Å². The quantitative estimate of drug-likeness (QED) is 0.762. The largest absolute Gasteiger partial charge is 0.497 e. The molecule has 0 aromatic heterocycles. The lowest BCUT2D eigenvalue weighted by atomic mass is 10.1. The molecule has 0 saturated carbocycles. The highest BCUT2D eigenvalue weighted by Crippen LogP contribution is 2.22. The first-order chi connectivity index (χ1) is 9.24. The van der Waals surface area contributed by atoms with Gasteiger partial charge in [0.05, 0.1) is 14.2 Å². The molecule has 0 radical (unpaired) electrons. The maximum absolute atomic E-state index is 5.33. The average Bonchev–Trinajstić information content (AvgIpc) is 2.46. The van der Waals surface area contributed by atoms with Crippen LogP contribution in [0.4, 0.5) is 0 Å². The van der Waals surface area contributed by atoms with Crippen LogP contribution in [0.1, 0.15) is 16.7 Å². The molecule has 0 heterocycles. The Kier molecular flexibility index (Phi) is 4.24. The van der Waals surface area contributed by atoms with Crippen molar-refractivity contribution in [1.29, 1.82) is 0 Å². The van der Waals surface area contributed by atoms with Crippen molar-refractivity contribution >= 4 is 12.2 Å². The molecule has 0 aliphatic carbocycles. The number of benzene rings is 2. The fourth-order valence-corrected chi connectivity index (χ4v) is 1.95. The molecule has 0 fully saturated rings. The highest BCUT2D eigenvalue weighted by atomic mass is 16.5. The van der Waals surface area contributed by atoms with E-state index in [0.717, 1.165) is 17.1 Å². The first kappa shape index (κ1) is 13.2. The molecule has 98 valence electrons. The first-order valence-electron chi connectivity index (χ1n) is 6.20. The highest BCUT2D eigenvalue weighted by Gasteiger charge is 1.99. The summed E-state index contributed by atoms with van der Waals surface area (Å²) in [5, 5.41) is 0. The van der Waals surface area contributed by atoms with E-state index in [1.807, 2.05) is 36.4 Å². The van der Waals surface area contributed by atoms with E-state index in [-0.39, 0.29) is 0 Å². The smallest absolute Gasteiger partial charge is 0.126 e. The Balaban J connectivity index is 2.27. The minimum Gasteiger partial charge on any atom is -0.497 e. The summed E-state index contributed by atoms with van der Waals surface area (Å²) in [5.41, 5.74) is 3.43. The number of hydrogen-bond donors (Lipinski definition) is 0.